The number of nitrogens with zero attached hydrogens (tertiary/aromatic N) is 3. The van der Waals surface area contributed by atoms with Gasteiger partial charge in [0.1, 0.15) is 5.75 Å². The lowest BCUT2D eigenvalue weighted by Gasteiger charge is -2.09. The second-order valence-electron chi connectivity index (χ2n) is 5.89. The van der Waals surface area contributed by atoms with E-state index in [1.54, 1.807) is 43.4 Å². The molecule has 0 heterocycles. The van der Waals surface area contributed by atoms with Crippen LogP contribution in [0.25, 0.3) is 0 Å². The second-order valence-corrected chi connectivity index (χ2v) is 5.89. The zero-order valence-electron chi connectivity index (χ0n) is 14.6. The first-order valence-electron chi connectivity index (χ1n) is 8.31. The van der Waals surface area contributed by atoms with Gasteiger partial charge in [0.25, 0.3) is 0 Å². The predicted molar refractivity (Wildman–Crippen MR) is 97.9 cm³/mol. The fraction of sp³-hybridized carbons (Fsp3) is 0.263. The molecule has 3 N–H and O–H groups in total. The topological polar surface area (TPSA) is 108 Å². The summed E-state index contributed by atoms with van der Waals surface area (Å²) in [6, 6.07) is 13.4. The van der Waals surface area contributed by atoms with E-state index < -0.39 is 5.91 Å². The van der Waals surface area contributed by atoms with E-state index in [2.05, 4.69) is 10.3 Å². The van der Waals surface area contributed by atoms with E-state index in [-0.39, 0.29) is 11.7 Å². The Morgan fingerprint density at radius 2 is 1.69 bits per heavy atom. The van der Waals surface area contributed by atoms with Crippen LogP contribution in [0.2, 0.25) is 0 Å². The largest absolute Gasteiger partial charge is 0.508 e. The van der Waals surface area contributed by atoms with Gasteiger partial charge in [-0.15, -0.1) is 5.11 Å². The van der Waals surface area contributed by atoms with Gasteiger partial charge in [0.2, 0.25) is 11.8 Å². The van der Waals surface area contributed by atoms with E-state index in [9.17, 15) is 14.7 Å². The van der Waals surface area contributed by atoms with Gasteiger partial charge >= 0.3 is 0 Å². The fourth-order valence-electron chi connectivity index (χ4n) is 2.29. The first kappa shape index (κ1) is 19.1. The van der Waals surface area contributed by atoms with Crippen LogP contribution >= 0.6 is 0 Å². The summed E-state index contributed by atoms with van der Waals surface area (Å²) in [4.78, 5) is 23.0. The van der Waals surface area contributed by atoms with E-state index in [0.717, 1.165) is 24.8 Å². The Morgan fingerprint density at radius 1 is 1.04 bits per heavy atom. The Hall–Kier alpha value is -3.22. The number of primary amides is 1. The quantitative estimate of drug-likeness (QED) is 0.431. The molecule has 0 aliphatic carbocycles. The Balaban J connectivity index is 1.74. The van der Waals surface area contributed by atoms with Crippen molar-refractivity contribution in [3.05, 3.63) is 59.7 Å². The smallest absolute Gasteiger partial charge is 0.248 e. The van der Waals surface area contributed by atoms with Crippen molar-refractivity contribution in [1.29, 1.82) is 0 Å². The lowest BCUT2D eigenvalue weighted by atomic mass is 10.1. The Kier molecular flexibility index (Phi) is 6.84. The number of phenolic OH excluding ortho intramolecular Hbond substituents is 1. The molecule has 7 heteroatoms. The van der Waals surface area contributed by atoms with Gasteiger partial charge in [-0.1, -0.05) is 17.4 Å². The fourth-order valence-corrected chi connectivity index (χ4v) is 2.29. The minimum absolute atomic E-state index is 0.117. The van der Waals surface area contributed by atoms with Crippen molar-refractivity contribution in [2.24, 2.45) is 16.1 Å². The van der Waals surface area contributed by atoms with E-state index in [1.165, 1.54) is 5.01 Å². The molecule has 2 aromatic rings. The molecule has 0 fully saturated rings. The zero-order chi connectivity index (χ0) is 18.9. The Bertz CT molecular complexity index is 770. The van der Waals surface area contributed by atoms with E-state index in [0.29, 0.717) is 17.7 Å². The minimum atomic E-state index is -0.506. The van der Waals surface area contributed by atoms with Crippen molar-refractivity contribution in [3.63, 3.8) is 0 Å². The zero-order valence-corrected chi connectivity index (χ0v) is 14.6. The molecule has 0 spiro atoms. The second kappa shape index (κ2) is 9.31. The van der Waals surface area contributed by atoms with Crippen molar-refractivity contribution < 1.29 is 14.7 Å². The molecule has 0 aromatic heterocycles. The third-order valence-corrected chi connectivity index (χ3v) is 3.85. The third kappa shape index (κ3) is 6.01. The third-order valence-electron chi connectivity index (χ3n) is 3.85. The summed E-state index contributed by atoms with van der Waals surface area (Å²) >= 11 is 0. The van der Waals surface area contributed by atoms with E-state index in [1.807, 2.05) is 12.1 Å². The summed E-state index contributed by atoms with van der Waals surface area (Å²) in [5, 5.41) is 18.3. The molecule has 0 aliphatic rings. The van der Waals surface area contributed by atoms with Gasteiger partial charge in [-0.3, -0.25) is 9.59 Å². The molecule has 0 radical (unpaired) electrons. The highest BCUT2D eigenvalue weighted by Crippen LogP contribution is 2.15. The van der Waals surface area contributed by atoms with Crippen LogP contribution in [0.4, 0.5) is 5.69 Å². The number of aromatic hydroxyl groups is 1. The summed E-state index contributed by atoms with van der Waals surface area (Å²) in [6.07, 6.45) is 2.85. The van der Waals surface area contributed by atoms with E-state index in [4.69, 9.17) is 5.73 Å². The summed E-state index contributed by atoms with van der Waals surface area (Å²) in [5.74, 6) is -0.374. The molecule has 0 aliphatic heterocycles. The average Bonchev–Trinajstić information content (AvgIpc) is 2.64. The molecule has 0 unspecified atom stereocenters. The normalized spacial score (nSPS) is 10.8. The van der Waals surface area contributed by atoms with Crippen LogP contribution in [0.15, 0.2) is 58.9 Å². The molecule has 2 amide bonds. The van der Waals surface area contributed by atoms with Gasteiger partial charge in [0.05, 0.1) is 5.69 Å². The number of unbranched alkanes of at least 4 members (excludes halogenated alkanes) is 1. The van der Waals surface area contributed by atoms with Crippen molar-refractivity contribution in [2.75, 3.05) is 7.05 Å². The van der Waals surface area contributed by atoms with Crippen molar-refractivity contribution >= 4 is 17.5 Å². The lowest BCUT2D eigenvalue weighted by Crippen LogP contribution is -2.20. The van der Waals surface area contributed by atoms with Crippen LogP contribution in [0.3, 0.4) is 0 Å². The molecule has 0 saturated heterocycles. The number of rotatable bonds is 8. The minimum Gasteiger partial charge on any atom is -0.508 e. The Morgan fingerprint density at radius 3 is 2.31 bits per heavy atom. The van der Waals surface area contributed by atoms with Crippen molar-refractivity contribution in [2.45, 2.75) is 25.7 Å². The molecule has 0 atom stereocenters. The standard InChI is InChI=1S/C19H22N4O3/c1-23(22-21-16-10-8-15(9-11-16)19(20)26)18(25)5-3-2-4-14-6-12-17(24)13-7-14/h6-13,24H,2-5H2,1H3,(H2,20,26). The van der Waals surface area contributed by atoms with Crippen molar-refractivity contribution in [3.8, 4) is 5.75 Å². The van der Waals surface area contributed by atoms with Crippen LogP contribution in [-0.2, 0) is 11.2 Å². The van der Waals surface area contributed by atoms with Crippen molar-refractivity contribution in [1.82, 2.24) is 5.01 Å². The molecule has 136 valence electrons. The summed E-state index contributed by atoms with van der Waals surface area (Å²) < 4.78 is 0. The Labute approximate surface area is 152 Å². The maximum atomic E-state index is 12.0. The number of nitrogens with two attached hydrogens (primary N) is 1. The number of amides is 2. The van der Waals surface area contributed by atoms with Gasteiger partial charge in [0.15, 0.2) is 0 Å². The average molecular weight is 354 g/mol. The number of phenols is 1. The number of hydrogen-bond donors (Lipinski definition) is 2. The van der Waals surface area contributed by atoms with Gasteiger partial charge < -0.3 is 10.8 Å². The predicted octanol–water partition coefficient (Wildman–Crippen LogP) is 3.36. The molecule has 0 bridgehead atoms. The number of benzene rings is 2. The molecule has 2 aromatic carbocycles. The first-order valence-corrected chi connectivity index (χ1v) is 8.31. The number of aryl methyl sites for hydroxylation is 1. The molecule has 26 heavy (non-hydrogen) atoms. The molecular formula is C19H22N4O3. The van der Waals surface area contributed by atoms with Gasteiger partial charge in [-0.05, 0) is 61.2 Å². The molecule has 2 rings (SSSR count). The SMILES string of the molecule is CN(N=Nc1ccc(C(N)=O)cc1)C(=O)CCCCc1ccc(O)cc1. The van der Waals surface area contributed by atoms with Crippen LogP contribution < -0.4 is 5.73 Å². The molecule has 0 saturated carbocycles. The van der Waals surface area contributed by atoms with Crippen LogP contribution in [0.1, 0.15) is 35.2 Å². The number of carbonyl (C=O) groups excluding carboxylic acids is 2. The van der Waals surface area contributed by atoms with Gasteiger partial charge in [0, 0.05) is 19.0 Å². The highest BCUT2D eigenvalue weighted by molar-refractivity contribution is 5.92. The maximum absolute atomic E-state index is 12.0. The first-order chi connectivity index (χ1) is 12.5. The highest BCUT2D eigenvalue weighted by Gasteiger charge is 2.07. The molecule has 7 nitrogen and oxygen atoms in total. The summed E-state index contributed by atoms with van der Waals surface area (Å²) in [7, 11) is 1.56. The lowest BCUT2D eigenvalue weighted by molar-refractivity contribution is -0.130. The highest BCUT2D eigenvalue weighted by atomic mass is 16.3. The van der Waals surface area contributed by atoms with Gasteiger partial charge in [-0.25, -0.2) is 5.01 Å². The van der Waals surface area contributed by atoms with Crippen LogP contribution in [-0.4, -0.2) is 29.0 Å². The van der Waals surface area contributed by atoms with E-state index >= 15 is 0 Å². The van der Waals surface area contributed by atoms with Crippen LogP contribution in [0, 0.1) is 0 Å². The monoisotopic (exact) mass is 354 g/mol. The summed E-state index contributed by atoms with van der Waals surface area (Å²) in [6.45, 7) is 0. The van der Waals surface area contributed by atoms with Gasteiger partial charge in [-0.2, -0.15) is 0 Å². The van der Waals surface area contributed by atoms with Crippen LogP contribution in [0.5, 0.6) is 5.75 Å². The molecular weight excluding hydrogens is 332 g/mol. The number of carbonyl (C=O) groups is 2. The number of hydrogen-bond acceptors (Lipinski definition) is 5. The maximum Gasteiger partial charge on any atom is 0.248 e. The summed E-state index contributed by atoms with van der Waals surface area (Å²) in [5.41, 5.74) is 7.22.